The molecular formula is C16H24IN5S3. The zero-order valence-electron chi connectivity index (χ0n) is 13.9. The Kier molecular flexibility index (Phi) is 6.09. The summed E-state index contributed by atoms with van der Waals surface area (Å²) in [6.45, 7) is 2.62. The maximum atomic E-state index is 6.02. The van der Waals surface area contributed by atoms with Gasteiger partial charge in [0, 0.05) is 45.9 Å². The molecule has 5 nitrogen and oxygen atoms in total. The van der Waals surface area contributed by atoms with Crippen molar-refractivity contribution in [3.05, 3.63) is 16.1 Å². The van der Waals surface area contributed by atoms with Gasteiger partial charge in [-0.05, 0) is 47.8 Å². The van der Waals surface area contributed by atoms with Crippen LogP contribution in [0.3, 0.4) is 0 Å². The molecule has 1 aliphatic carbocycles. The summed E-state index contributed by atoms with van der Waals surface area (Å²) >= 11 is 4.52. The summed E-state index contributed by atoms with van der Waals surface area (Å²) in [4.78, 5) is 11.4. The van der Waals surface area contributed by atoms with Crippen LogP contribution in [-0.2, 0) is 0 Å². The van der Waals surface area contributed by atoms with E-state index in [9.17, 15) is 0 Å². The number of hydrogen-bond acceptors (Lipinski definition) is 5. The molecule has 0 aromatic carbocycles. The number of hydrogen-bond donors (Lipinski definition) is 1. The summed E-state index contributed by atoms with van der Waals surface area (Å²) in [6.07, 6.45) is 7.75. The van der Waals surface area contributed by atoms with Gasteiger partial charge in [-0.3, -0.25) is 4.90 Å². The van der Waals surface area contributed by atoms with Crippen molar-refractivity contribution in [2.24, 2.45) is 5.92 Å². The van der Waals surface area contributed by atoms with Gasteiger partial charge in [0.2, 0.25) is 0 Å². The third-order valence-corrected chi connectivity index (χ3v) is 7.91. The van der Waals surface area contributed by atoms with Gasteiger partial charge < -0.3 is 10.3 Å². The van der Waals surface area contributed by atoms with E-state index in [1.54, 1.807) is 6.33 Å². The molecule has 2 N–H and O–H groups in total. The standard InChI is InChI=1S/C16H20IN5S.2H2S/c17-13-6-22(16-14(13)15(18)19-8-20-16)10-1-9(2-10)4-21-5-12-3-11(21)7-23-12;;/h6,8-12H,1-5,7H2,(H2,18,19,20);2*1H2/t9?,10?,11-,12-;;/m0../s1. The Hall–Kier alpha value is 0.160. The second-order valence-electron chi connectivity index (χ2n) is 7.13. The Bertz CT molecular complexity index is 764. The fraction of sp³-hybridized carbons (Fsp3) is 0.625. The average Bonchev–Trinajstić information content (AvgIpc) is 3.17. The number of thioether (sulfide) groups is 1. The number of aromatic nitrogens is 3. The number of anilines is 1. The lowest BCUT2D eigenvalue weighted by Crippen LogP contribution is -2.41. The number of nitrogen functional groups attached to an aromatic ring is 1. The number of nitrogens with two attached hydrogens (primary N) is 1. The largest absolute Gasteiger partial charge is 0.383 e. The molecule has 3 fully saturated rings. The maximum Gasteiger partial charge on any atom is 0.146 e. The van der Waals surface area contributed by atoms with E-state index in [4.69, 9.17) is 5.73 Å². The molecule has 3 aliphatic rings. The highest BCUT2D eigenvalue weighted by atomic mass is 127. The highest BCUT2D eigenvalue weighted by molar-refractivity contribution is 14.1. The number of rotatable bonds is 3. The van der Waals surface area contributed by atoms with Crippen LogP contribution >= 0.6 is 61.3 Å². The van der Waals surface area contributed by atoms with Crippen molar-refractivity contribution in [1.29, 1.82) is 0 Å². The maximum absolute atomic E-state index is 6.02. The first-order valence-electron chi connectivity index (χ1n) is 8.31. The van der Waals surface area contributed by atoms with E-state index in [0.717, 1.165) is 31.8 Å². The predicted molar refractivity (Wildman–Crippen MR) is 123 cm³/mol. The van der Waals surface area contributed by atoms with E-state index in [-0.39, 0.29) is 27.0 Å². The summed E-state index contributed by atoms with van der Waals surface area (Å²) in [6, 6.07) is 1.44. The second kappa shape index (κ2) is 7.65. The van der Waals surface area contributed by atoms with E-state index in [0.29, 0.717) is 11.9 Å². The van der Waals surface area contributed by atoms with E-state index in [1.165, 1.54) is 38.1 Å². The van der Waals surface area contributed by atoms with Crippen LogP contribution in [0.1, 0.15) is 25.3 Å². The van der Waals surface area contributed by atoms with Crippen LogP contribution in [-0.4, -0.2) is 49.6 Å². The minimum Gasteiger partial charge on any atom is -0.383 e. The first-order chi connectivity index (χ1) is 11.2. The number of nitrogens with zero attached hydrogens (tertiary/aromatic N) is 4. The van der Waals surface area contributed by atoms with Gasteiger partial charge in [0.25, 0.3) is 0 Å². The zero-order chi connectivity index (χ0) is 15.6. The lowest BCUT2D eigenvalue weighted by molar-refractivity contribution is 0.127. The topological polar surface area (TPSA) is 60.0 Å². The fourth-order valence-electron chi connectivity index (χ4n) is 4.45. The van der Waals surface area contributed by atoms with E-state index in [2.05, 4.69) is 60.0 Å². The molecule has 4 heterocycles. The second-order valence-corrected chi connectivity index (χ2v) is 9.63. The van der Waals surface area contributed by atoms with Crippen molar-refractivity contribution in [3.63, 3.8) is 0 Å². The molecule has 2 aromatic heterocycles. The van der Waals surface area contributed by atoms with Gasteiger partial charge in [-0.25, -0.2) is 9.97 Å². The molecule has 0 radical (unpaired) electrons. The summed E-state index contributed by atoms with van der Waals surface area (Å²) in [5.41, 5.74) is 7.02. The van der Waals surface area contributed by atoms with E-state index < -0.39 is 0 Å². The van der Waals surface area contributed by atoms with Crippen LogP contribution < -0.4 is 5.73 Å². The van der Waals surface area contributed by atoms with Gasteiger partial charge in [0.05, 0.1) is 5.39 Å². The van der Waals surface area contributed by atoms with Gasteiger partial charge in [-0.15, -0.1) is 0 Å². The molecule has 2 aliphatic heterocycles. The van der Waals surface area contributed by atoms with Crippen molar-refractivity contribution in [2.45, 2.75) is 36.6 Å². The Morgan fingerprint density at radius 1 is 1.20 bits per heavy atom. The van der Waals surface area contributed by atoms with E-state index in [1.807, 2.05) is 0 Å². The Morgan fingerprint density at radius 2 is 2.00 bits per heavy atom. The Balaban J connectivity index is 0.000000911. The lowest BCUT2D eigenvalue weighted by atomic mass is 9.79. The van der Waals surface area contributed by atoms with Crippen LogP contribution in [0.5, 0.6) is 0 Å². The molecule has 9 heteroatoms. The third kappa shape index (κ3) is 3.39. The summed E-state index contributed by atoms with van der Waals surface area (Å²) < 4.78 is 3.49. The minimum absolute atomic E-state index is 0. The summed E-state index contributed by atoms with van der Waals surface area (Å²) in [7, 11) is 0. The molecule has 0 amide bonds. The van der Waals surface area contributed by atoms with Crippen molar-refractivity contribution < 1.29 is 0 Å². The molecule has 5 rings (SSSR count). The SMILES string of the molecule is Nc1ncnc2c1c(I)cn2C1CC(CN2C[C@@H]3C[C@H]2CS3)C1.S.S. The number of halogens is 1. The Morgan fingerprint density at radius 3 is 2.68 bits per heavy atom. The van der Waals surface area contributed by atoms with Crippen LogP contribution in [0.25, 0.3) is 11.0 Å². The lowest BCUT2D eigenvalue weighted by Gasteiger charge is -2.40. The zero-order valence-corrected chi connectivity index (χ0v) is 18.8. The van der Waals surface area contributed by atoms with Crippen molar-refractivity contribution in [3.8, 4) is 0 Å². The van der Waals surface area contributed by atoms with Gasteiger partial charge in [-0.2, -0.15) is 38.8 Å². The fourth-order valence-corrected chi connectivity index (χ4v) is 6.77. The quantitative estimate of drug-likeness (QED) is 0.645. The monoisotopic (exact) mass is 509 g/mol. The molecule has 0 unspecified atom stereocenters. The molecule has 2 atom stereocenters. The average molecular weight is 510 g/mol. The van der Waals surface area contributed by atoms with Crippen LogP contribution in [0, 0.1) is 9.49 Å². The highest BCUT2D eigenvalue weighted by Gasteiger charge is 2.41. The Labute approximate surface area is 179 Å². The highest BCUT2D eigenvalue weighted by Crippen LogP contribution is 2.44. The minimum atomic E-state index is 0. The smallest absolute Gasteiger partial charge is 0.146 e. The predicted octanol–water partition coefficient (Wildman–Crippen LogP) is 2.98. The van der Waals surface area contributed by atoms with Gasteiger partial charge in [-0.1, -0.05) is 0 Å². The molecule has 25 heavy (non-hydrogen) atoms. The molecule has 2 aromatic rings. The van der Waals surface area contributed by atoms with Gasteiger partial charge in [0.15, 0.2) is 0 Å². The van der Waals surface area contributed by atoms with E-state index >= 15 is 0 Å². The van der Waals surface area contributed by atoms with Crippen LogP contribution in [0.4, 0.5) is 5.82 Å². The first kappa shape index (κ1) is 19.9. The molecule has 1 saturated carbocycles. The van der Waals surface area contributed by atoms with Crippen molar-refractivity contribution in [1.82, 2.24) is 19.4 Å². The molecular weight excluding hydrogens is 485 g/mol. The van der Waals surface area contributed by atoms with Crippen molar-refractivity contribution in [2.75, 3.05) is 24.6 Å². The number of likely N-dealkylation sites (tertiary alicyclic amines) is 1. The van der Waals surface area contributed by atoms with Gasteiger partial charge >= 0.3 is 0 Å². The van der Waals surface area contributed by atoms with Crippen LogP contribution in [0.2, 0.25) is 0 Å². The normalized spacial score (nSPS) is 30.8. The van der Waals surface area contributed by atoms with Gasteiger partial charge in [0.1, 0.15) is 17.8 Å². The summed E-state index contributed by atoms with van der Waals surface area (Å²) in [5, 5.41) is 1.94. The first-order valence-corrected chi connectivity index (χ1v) is 10.4. The molecule has 138 valence electrons. The van der Waals surface area contributed by atoms with Crippen LogP contribution in [0.15, 0.2) is 12.5 Å². The summed E-state index contributed by atoms with van der Waals surface area (Å²) in [5.74, 6) is 2.80. The van der Waals surface area contributed by atoms with Crippen molar-refractivity contribution >= 4 is 78.2 Å². The number of fused-ring (bicyclic) bond motifs is 3. The molecule has 2 saturated heterocycles. The molecule has 0 spiro atoms. The third-order valence-electron chi connectivity index (χ3n) is 5.70. The molecule has 2 bridgehead atoms.